The lowest BCUT2D eigenvalue weighted by Crippen LogP contribution is -2.10. The molecule has 2 heterocycles. The smallest absolute Gasteiger partial charge is 0.239 e. The van der Waals surface area contributed by atoms with E-state index < -0.39 is 11.9 Å². The molecule has 0 fully saturated rings. The third-order valence-electron chi connectivity index (χ3n) is 5.62. The van der Waals surface area contributed by atoms with Gasteiger partial charge in [-0.1, -0.05) is 18.2 Å². The van der Waals surface area contributed by atoms with E-state index >= 15 is 0 Å². The molecule has 10 nitrogen and oxygen atoms in total. The topological polar surface area (TPSA) is 116 Å². The monoisotopic (exact) mass is 536 g/mol. The predicted molar refractivity (Wildman–Crippen MR) is 141 cm³/mol. The summed E-state index contributed by atoms with van der Waals surface area (Å²) in [6, 6.07) is 16.8. The fraction of sp³-hybridized carbons (Fsp3) is 0.231. The Hall–Kier alpha value is -4.34. The van der Waals surface area contributed by atoms with Crippen LogP contribution in [0.3, 0.4) is 0 Å². The molecule has 0 radical (unpaired) electrons. The number of nitriles is 1. The summed E-state index contributed by atoms with van der Waals surface area (Å²) >= 11 is 1.28. The van der Waals surface area contributed by atoms with Gasteiger partial charge in [-0.15, -0.1) is 10.2 Å². The van der Waals surface area contributed by atoms with Crippen LogP contribution in [0, 0.1) is 17.1 Å². The molecular weight excluding hydrogens is 511 g/mol. The first-order chi connectivity index (χ1) is 18.5. The number of rotatable bonds is 11. The number of methoxy groups -OCH3 is 4. The highest BCUT2D eigenvalue weighted by atomic mass is 32.2. The van der Waals surface area contributed by atoms with Gasteiger partial charge in [-0.25, -0.2) is 9.37 Å². The van der Waals surface area contributed by atoms with Crippen molar-refractivity contribution in [2.24, 2.45) is 0 Å². The first kappa shape index (κ1) is 26.7. The van der Waals surface area contributed by atoms with Crippen LogP contribution in [0.25, 0.3) is 17.2 Å². The SMILES string of the molecule is COc1cccc(-c2nnc(NSCC(OC)c3ccc(F)cc3C#N)n2-c2c(OC)cccc2OC)n1. The van der Waals surface area contributed by atoms with E-state index in [1.165, 1.54) is 38.3 Å². The third kappa shape index (κ3) is 5.49. The summed E-state index contributed by atoms with van der Waals surface area (Å²) in [5.41, 5.74) is 1.88. The van der Waals surface area contributed by atoms with Crippen molar-refractivity contribution in [3.8, 4) is 40.7 Å². The Morgan fingerprint density at radius 3 is 2.39 bits per heavy atom. The molecule has 4 aromatic rings. The zero-order valence-corrected chi connectivity index (χ0v) is 22.0. The van der Waals surface area contributed by atoms with Gasteiger partial charge in [-0.3, -0.25) is 9.29 Å². The van der Waals surface area contributed by atoms with Crippen molar-refractivity contribution < 1.29 is 23.3 Å². The van der Waals surface area contributed by atoms with Crippen LogP contribution >= 0.6 is 11.9 Å². The van der Waals surface area contributed by atoms with Gasteiger partial charge in [0.2, 0.25) is 11.8 Å². The molecule has 2 aromatic carbocycles. The third-order valence-corrected chi connectivity index (χ3v) is 6.41. The molecule has 4 rings (SSSR count). The van der Waals surface area contributed by atoms with Crippen LogP contribution in [0.2, 0.25) is 0 Å². The van der Waals surface area contributed by atoms with Gasteiger partial charge in [-0.2, -0.15) is 5.26 Å². The number of nitrogens with zero attached hydrogens (tertiary/aromatic N) is 5. The summed E-state index contributed by atoms with van der Waals surface area (Å²) in [6.45, 7) is 0. The van der Waals surface area contributed by atoms with Crippen molar-refractivity contribution in [3.63, 3.8) is 0 Å². The number of aromatic nitrogens is 4. The fourth-order valence-corrected chi connectivity index (χ4v) is 4.62. The summed E-state index contributed by atoms with van der Waals surface area (Å²) < 4.78 is 40.8. The maximum absolute atomic E-state index is 13.6. The van der Waals surface area contributed by atoms with Gasteiger partial charge in [-0.05, 0) is 47.8 Å². The molecular formula is C26H25FN6O4S. The number of anilines is 1. The van der Waals surface area contributed by atoms with Crippen LogP contribution in [-0.4, -0.2) is 53.9 Å². The highest BCUT2D eigenvalue weighted by Gasteiger charge is 2.24. The lowest BCUT2D eigenvalue weighted by molar-refractivity contribution is 0.123. The van der Waals surface area contributed by atoms with Crippen molar-refractivity contribution in [1.82, 2.24) is 19.7 Å². The van der Waals surface area contributed by atoms with Gasteiger partial charge in [0, 0.05) is 18.9 Å². The fourth-order valence-electron chi connectivity index (χ4n) is 3.81. The first-order valence-electron chi connectivity index (χ1n) is 11.3. The molecule has 2 aromatic heterocycles. The average Bonchev–Trinajstić information content (AvgIpc) is 3.38. The minimum absolute atomic E-state index is 0.214. The van der Waals surface area contributed by atoms with Gasteiger partial charge in [0.15, 0.2) is 5.82 Å². The number of halogens is 1. The predicted octanol–water partition coefficient (Wildman–Crippen LogP) is 4.81. The van der Waals surface area contributed by atoms with Crippen molar-refractivity contribution >= 4 is 17.9 Å². The normalized spacial score (nSPS) is 11.5. The Balaban J connectivity index is 1.72. The van der Waals surface area contributed by atoms with E-state index in [9.17, 15) is 9.65 Å². The Kier molecular flexibility index (Phi) is 8.62. The Morgan fingerprint density at radius 1 is 1.00 bits per heavy atom. The molecule has 0 bridgehead atoms. The molecule has 12 heteroatoms. The molecule has 196 valence electrons. The molecule has 0 spiro atoms. The van der Waals surface area contributed by atoms with E-state index in [4.69, 9.17) is 18.9 Å². The summed E-state index contributed by atoms with van der Waals surface area (Å²) in [7, 11) is 6.19. The number of pyridine rings is 1. The molecule has 1 atom stereocenters. The molecule has 0 saturated carbocycles. The highest BCUT2D eigenvalue weighted by Crippen LogP contribution is 2.38. The number of benzene rings is 2. The molecule has 38 heavy (non-hydrogen) atoms. The molecule has 0 aliphatic carbocycles. The maximum atomic E-state index is 13.6. The molecule has 1 unspecified atom stereocenters. The highest BCUT2D eigenvalue weighted by molar-refractivity contribution is 8.00. The lowest BCUT2D eigenvalue weighted by atomic mass is 10.0. The molecule has 0 aliphatic rings. The second-order valence-corrected chi connectivity index (χ2v) is 8.57. The molecule has 0 saturated heterocycles. The van der Waals surface area contributed by atoms with Gasteiger partial charge in [0.1, 0.15) is 28.7 Å². The summed E-state index contributed by atoms with van der Waals surface area (Å²) in [5.74, 6) is 2.16. The number of hydrogen-bond donors (Lipinski definition) is 1. The van der Waals surface area contributed by atoms with Crippen LogP contribution < -0.4 is 18.9 Å². The summed E-state index contributed by atoms with van der Waals surface area (Å²) in [6.07, 6.45) is -0.487. The van der Waals surface area contributed by atoms with E-state index in [2.05, 4.69) is 19.9 Å². The van der Waals surface area contributed by atoms with Gasteiger partial charge >= 0.3 is 0 Å². The van der Waals surface area contributed by atoms with Gasteiger partial charge in [0.05, 0.1) is 39.1 Å². The maximum Gasteiger partial charge on any atom is 0.239 e. The number of nitrogens with one attached hydrogen (secondary N) is 1. The van der Waals surface area contributed by atoms with Crippen LogP contribution in [0.4, 0.5) is 10.3 Å². The van der Waals surface area contributed by atoms with Crippen molar-refractivity contribution in [3.05, 3.63) is 71.5 Å². The quantitative estimate of drug-likeness (QED) is 0.268. The molecule has 0 amide bonds. The van der Waals surface area contributed by atoms with Crippen LogP contribution in [0.1, 0.15) is 17.2 Å². The zero-order chi connectivity index (χ0) is 27.1. The van der Waals surface area contributed by atoms with E-state index in [-0.39, 0.29) is 5.56 Å². The minimum atomic E-state index is -0.487. The molecule has 0 aliphatic heterocycles. The average molecular weight is 537 g/mol. The van der Waals surface area contributed by atoms with E-state index in [0.29, 0.717) is 51.8 Å². The van der Waals surface area contributed by atoms with Gasteiger partial charge in [0.25, 0.3) is 0 Å². The number of hydrogen-bond acceptors (Lipinski definition) is 10. The van der Waals surface area contributed by atoms with Crippen molar-refractivity contribution in [1.29, 1.82) is 5.26 Å². The van der Waals surface area contributed by atoms with Crippen LogP contribution in [-0.2, 0) is 4.74 Å². The first-order valence-corrected chi connectivity index (χ1v) is 12.3. The Labute approximate surface area is 223 Å². The van der Waals surface area contributed by atoms with Crippen molar-refractivity contribution in [2.75, 3.05) is 38.9 Å². The van der Waals surface area contributed by atoms with Crippen LogP contribution in [0.15, 0.2) is 54.6 Å². The van der Waals surface area contributed by atoms with Crippen molar-refractivity contribution in [2.45, 2.75) is 6.10 Å². The summed E-state index contributed by atoms with van der Waals surface area (Å²) in [4.78, 5) is 4.52. The standard InChI is InChI=1S/C26H25FN6O4S/c1-34-20-8-6-9-21(35-2)24(20)33-25(19-7-5-10-23(29-19)37-4)30-31-26(33)32-38-15-22(36-3)18-12-11-17(27)13-16(18)14-28/h5-13,22H,15H2,1-4H3,(H,31,32). The zero-order valence-electron chi connectivity index (χ0n) is 21.1. The second kappa shape index (κ2) is 12.3. The van der Waals surface area contributed by atoms with E-state index in [0.717, 1.165) is 0 Å². The second-order valence-electron chi connectivity index (χ2n) is 7.74. The van der Waals surface area contributed by atoms with Crippen LogP contribution in [0.5, 0.6) is 17.4 Å². The number of para-hydroxylation sites is 1. The minimum Gasteiger partial charge on any atom is -0.494 e. The Bertz CT molecular complexity index is 1440. The lowest BCUT2D eigenvalue weighted by Gasteiger charge is -2.19. The van der Waals surface area contributed by atoms with Gasteiger partial charge < -0.3 is 18.9 Å². The van der Waals surface area contributed by atoms with E-state index in [1.54, 1.807) is 55.2 Å². The number of ether oxygens (including phenoxy) is 4. The molecule has 1 N–H and O–H groups in total. The Morgan fingerprint density at radius 2 is 1.74 bits per heavy atom. The summed E-state index contributed by atoms with van der Waals surface area (Å²) in [5, 5.41) is 18.2. The van der Waals surface area contributed by atoms with E-state index in [1.807, 2.05) is 12.1 Å². The largest absolute Gasteiger partial charge is 0.494 e.